The van der Waals surface area contributed by atoms with E-state index in [1.165, 1.54) is 23.1 Å². The summed E-state index contributed by atoms with van der Waals surface area (Å²) in [7, 11) is 1.51. The molecule has 0 radical (unpaired) electrons. The molecule has 1 fully saturated rings. The van der Waals surface area contributed by atoms with Crippen molar-refractivity contribution in [2.45, 2.75) is 25.9 Å². The molecular formula is C18H28N4O3+2. The highest BCUT2D eigenvalue weighted by Gasteiger charge is 2.31. The molecule has 0 unspecified atom stereocenters. The monoisotopic (exact) mass is 348 g/mol. The third kappa shape index (κ3) is 4.29. The lowest BCUT2D eigenvalue weighted by molar-refractivity contribution is -1.02. The van der Waals surface area contributed by atoms with Gasteiger partial charge in [-0.15, -0.1) is 0 Å². The van der Waals surface area contributed by atoms with Gasteiger partial charge in [0.2, 0.25) is 0 Å². The van der Waals surface area contributed by atoms with E-state index in [9.17, 15) is 9.59 Å². The molecule has 0 aliphatic carbocycles. The lowest BCUT2D eigenvalue weighted by Gasteiger charge is -2.32. The number of fused-ring (bicyclic) bond motifs is 1. The minimum absolute atomic E-state index is 0.212. The first-order valence-corrected chi connectivity index (χ1v) is 9.02. The zero-order valence-corrected chi connectivity index (χ0v) is 15.0. The lowest BCUT2D eigenvalue weighted by atomic mass is 10.1. The molecule has 1 aromatic carbocycles. The summed E-state index contributed by atoms with van der Waals surface area (Å²) in [6.07, 6.45) is 1.01. The number of piperazine rings is 1. The summed E-state index contributed by atoms with van der Waals surface area (Å²) in [5.74, 6) is 0.820. The van der Waals surface area contributed by atoms with E-state index in [2.05, 4.69) is 28.8 Å². The van der Waals surface area contributed by atoms with Crippen LogP contribution in [0.25, 0.3) is 0 Å². The minimum Gasteiger partial charge on any atom is -0.493 e. The van der Waals surface area contributed by atoms with Crippen LogP contribution in [0.15, 0.2) is 18.2 Å². The number of nitrogens with one attached hydrogen (secondary N) is 4. The summed E-state index contributed by atoms with van der Waals surface area (Å²) < 4.78 is 5.57. The summed E-state index contributed by atoms with van der Waals surface area (Å²) in [5.41, 5.74) is 2.67. The molecule has 0 bridgehead atoms. The molecule has 0 spiro atoms. The van der Waals surface area contributed by atoms with Crippen molar-refractivity contribution >= 4 is 11.9 Å². The predicted molar refractivity (Wildman–Crippen MR) is 92.8 cm³/mol. The molecule has 1 atom stereocenters. The molecule has 2 aliphatic heterocycles. The first kappa shape index (κ1) is 17.7. The number of amides is 3. The number of urea groups is 1. The predicted octanol–water partition coefficient (Wildman–Crippen LogP) is -2.25. The SMILES string of the molecule is CNC(=O)NC(=O)[C@H](C)[NH+]1CC[NH+](Cc2ccc3c(c2)CCO3)CC1. The van der Waals surface area contributed by atoms with Crippen LogP contribution in [0.2, 0.25) is 0 Å². The molecule has 3 amide bonds. The van der Waals surface area contributed by atoms with Crippen LogP contribution in [0.3, 0.4) is 0 Å². The molecule has 1 saturated heterocycles. The van der Waals surface area contributed by atoms with Crippen LogP contribution in [-0.4, -0.2) is 57.8 Å². The van der Waals surface area contributed by atoms with Gasteiger partial charge in [0.1, 0.15) is 38.5 Å². The molecule has 1 aromatic rings. The highest BCUT2D eigenvalue weighted by Crippen LogP contribution is 2.25. The van der Waals surface area contributed by atoms with Crippen molar-refractivity contribution in [3.63, 3.8) is 0 Å². The Kier molecular flexibility index (Phi) is 5.55. The van der Waals surface area contributed by atoms with Gasteiger partial charge >= 0.3 is 6.03 Å². The Hall–Kier alpha value is -2.12. The summed E-state index contributed by atoms with van der Waals surface area (Å²) >= 11 is 0. The van der Waals surface area contributed by atoms with E-state index in [0.717, 1.165) is 51.5 Å². The largest absolute Gasteiger partial charge is 0.493 e. The fourth-order valence-electron chi connectivity index (χ4n) is 3.64. The molecule has 7 heteroatoms. The zero-order valence-electron chi connectivity index (χ0n) is 15.0. The number of carbonyl (C=O) groups is 2. The summed E-state index contributed by atoms with van der Waals surface area (Å²) in [6, 6.07) is 5.87. The van der Waals surface area contributed by atoms with Crippen molar-refractivity contribution < 1.29 is 24.1 Å². The number of carbonyl (C=O) groups excluding carboxylic acids is 2. The quantitative estimate of drug-likeness (QED) is 0.497. The van der Waals surface area contributed by atoms with Crippen molar-refractivity contribution in [2.24, 2.45) is 0 Å². The molecule has 136 valence electrons. The Labute approximate surface area is 148 Å². The van der Waals surface area contributed by atoms with Gasteiger partial charge in [0, 0.05) is 19.0 Å². The van der Waals surface area contributed by atoms with Gasteiger partial charge in [0.15, 0.2) is 6.04 Å². The third-order valence-electron chi connectivity index (χ3n) is 5.28. The van der Waals surface area contributed by atoms with Crippen LogP contribution in [0.5, 0.6) is 5.75 Å². The van der Waals surface area contributed by atoms with Crippen LogP contribution in [0.4, 0.5) is 4.79 Å². The van der Waals surface area contributed by atoms with Gasteiger partial charge in [0.05, 0.1) is 6.61 Å². The maximum atomic E-state index is 12.1. The Morgan fingerprint density at radius 1 is 1.24 bits per heavy atom. The van der Waals surface area contributed by atoms with Crippen LogP contribution in [0.1, 0.15) is 18.1 Å². The molecule has 0 aromatic heterocycles. The summed E-state index contributed by atoms with van der Waals surface area (Å²) in [4.78, 5) is 26.1. The van der Waals surface area contributed by atoms with Crippen LogP contribution in [0, 0.1) is 0 Å². The molecule has 25 heavy (non-hydrogen) atoms. The van der Waals surface area contributed by atoms with Gasteiger partial charge in [-0.2, -0.15) is 0 Å². The van der Waals surface area contributed by atoms with Crippen molar-refractivity contribution in [3.8, 4) is 5.75 Å². The maximum Gasteiger partial charge on any atom is 0.321 e. The third-order valence-corrected chi connectivity index (χ3v) is 5.28. The fraction of sp³-hybridized carbons (Fsp3) is 0.556. The van der Waals surface area contributed by atoms with Gasteiger partial charge in [-0.3, -0.25) is 10.1 Å². The fourth-order valence-corrected chi connectivity index (χ4v) is 3.64. The second kappa shape index (κ2) is 7.84. The van der Waals surface area contributed by atoms with E-state index < -0.39 is 6.03 Å². The van der Waals surface area contributed by atoms with Crippen LogP contribution in [-0.2, 0) is 17.8 Å². The Morgan fingerprint density at radius 2 is 2.00 bits per heavy atom. The number of hydrogen-bond donors (Lipinski definition) is 4. The topological polar surface area (TPSA) is 76.3 Å². The molecule has 2 aliphatic rings. The number of hydrogen-bond acceptors (Lipinski definition) is 3. The Balaban J connectivity index is 1.48. The molecule has 4 N–H and O–H groups in total. The van der Waals surface area contributed by atoms with Crippen LogP contribution >= 0.6 is 0 Å². The van der Waals surface area contributed by atoms with E-state index >= 15 is 0 Å². The molecular weight excluding hydrogens is 320 g/mol. The number of quaternary nitrogens is 2. The zero-order chi connectivity index (χ0) is 17.8. The standard InChI is InChI=1S/C18H26N4O3/c1-13(17(23)20-18(24)19-2)22-8-6-21(7-9-22)12-14-3-4-16-15(11-14)5-10-25-16/h3-4,11,13H,5-10,12H2,1-2H3,(H2,19,20,23,24)/p+2/t13-/m0/s1. The number of ether oxygens (including phenoxy) is 1. The van der Waals surface area contributed by atoms with Crippen molar-refractivity contribution in [3.05, 3.63) is 29.3 Å². The second-order valence-electron chi connectivity index (χ2n) is 6.92. The average molecular weight is 348 g/mol. The van der Waals surface area contributed by atoms with Crippen molar-refractivity contribution in [1.29, 1.82) is 0 Å². The van der Waals surface area contributed by atoms with E-state index in [1.807, 2.05) is 6.92 Å². The lowest BCUT2D eigenvalue weighted by Crippen LogP contribution is -3.29. The average Bonchev–Trinajstić information content (AvgIpc) is 3.09. The highest BCUT2D eigenvalue weighted by atomic mass is 16.5. The Bertz CT molecular complexity index is 641. The minimum atomic E-state index is -0.443. The van der Waals surface area contributed by atoms with E-state index in [-0.39, 0.29) is 11.9 Å². The summed E-state index contributed by atoms with van der Waals surface area (Å²) in [5, 5.41) is 4.79. The van der Waals surface area contributed by atoms with E-state index in [1.54, 1.807) is 4.90 Å². The number of imide groups is 1. The number of benzene rings is 1. The van der Waals surface area contributed by atoms with Gasteiger partial charge < -0.3 is 19.9 Å². The first-order valence-electron chi connectivity index (χ1n) is 9.02. The smallest absolute Gasteiger partial charge is 0.321 e. The summed E-state index contributed by atoms with van der Waals surface area (Å²) in [6.45, 7) is 7.63. The molecule has 0 saturated carbocycles. The highest BCUT2D eigenvalue weighted by molar-refractivity contribution is 5.96. The van der Waals surface area contributed by atoms with Gasteiger partial charge in [-0.25, -0.2) is 4.79 Å². The van der Waals surface area contributed by atoms with E-state index in [4.69, 9.17) is 4.74 Å². The van der Waals surface area contributed by atoms with Crippen LogP contribution < -0.4 is 25.2 Å². The van der Waals surface area contributed by atoms with Gasteiger partial charge in [-0.05, 0) is 30.7 Å². The van der Waals surface area contributed by atoms with E-state index in [0.29, 0.717) is 0 Å². The second-order valence-corrected chi connectivity index (χ2v) is 6.92. The van der Waals surface area contributed by atoms with Crippen molar-refractivity contribution in [1.82, 2.24) is 10.6 Å². The van der Waals surface area contributed by atoms with Gasteiger partial charge in [-0.1, -0.05) is 0 Å². The first-order chi connectivity index (χ1) is 12.1. The van der Waals surface area contributed by atoms with Gasteiger partial charge in [0.25, 0.3) is 5.91 Å². The molecule has 7 nitrogen and oxygen atoms in total. The molecule has 2 heterocycles. The Morgan fingerprint density at radius 3 is 2.72 bits per heavy atom. The molecule has 3 rings (SSSR count). The maximum absolute atomic E-state index is 12.1. The normalized spacial score (nSPS) is 23.3. The number of rotatable bonds is 4. The van der Waals surface area contributed by atoms with Crippen molar-refractivity contribution in [2.75, 3.05) is 39.8 Å².